The number of ether oxygens (including phenoxy) is 2. The van der Waals surface area contributed by atoms with Crippen molar-refractivity contribution < 1.29 is 9.47 Å². The van der Waals surface area contributed by atoms with Crippen LogP contribution in [0.25, 0.3) is 0 Å². The summed E-state index contributed by atoms with van der Waals surface area (Å²) in [6, 6.07) is 0. The Morgan fingerprint density at radius 3 is 1.69 bits per heavy atom. The smallest absolute Gasteiger partial charge is 0.168 e. The molecule has 1 aliphatic carbocycles. The summed E-state index contributed by atoms with van der Waals surface area (Å²) in [5, 5.41) is 8.21. The van der Waals surface area contributed by atoms with Crippen LogP contribution in [-0.4, -0.2) is 27.1 Å². The van der Waals surface area contributed by atoms with Crippen LogP contribution in [0.1, 0.15) is 12.8 Å². The zero-order chi connectivity index (χ0) is 9.95. The molecule has 0 aromatic rings. The Hall–Kier alpha value is -0.373. The van der Waals surface area contributed by atoms with E-state index in [1.165, 1.54) is 0 Å². The molecule has 0 unspecified atom stereocenters. The van der Waals surface area contributed by atoms with Crippen molar-refractivity contribution in [2.75, 3.05) is 13.2 Å². The Bertz CT molecular complexity index is 205. The minimum atomic E-state index is -1.33. The molecule has 0 amide bonds. The maximum atomic E-state index is 8.21. The summed E-state index contributed by atoms with van der Waals surface area (Å²) < 4.78 is 10.5. The quantitative estimate of drug-likeness (QED) is 0.560. The molecule has 0 N–H and O–H groups in total. The SMILES string of the molecule is C1COC2(CC2)O1.C[Si](C)(C)C#N. The highest BCUT2D eigenvalue weighted by Gasteiger charge is 2.48. The highest BCUT2D eigenvalue weighted by atomic mass is 28.3. The molecule has 13 heavy (non-hydrogen) atoms. The Balaban J connectivity index is 0.000000133. The van der Waals surface area contributed by atoms with Gasteiger partial charge in [0.2, 0.25) is 0 Å². The molecular formula is C9H17NO2Si. The van der Waals surface area contributed by atoms with Crippen LogP contribution in [0, 0.1) is 11.0 Å². The standard InChI is InChI=1S/C5H8O2.C4H9NSi/c1-2-5(1)6-3-4-7-5;1-6(2,3)4-5/h1-4H2;1-3H3. The van der Waals surface area contributed by atoms with E-state index in [2.05, 4.69) is 5.69 Å². The maximum absolute atomic E-state index is 8.21. The van der Waals surface area contributed by atoms with Gasteiger partial charge in [0.25, 0.3) is 0 Å². The summed E-state index contributed by atoms with van der Waals surface area (Å²) in [5.74, 6) is -0.0556. The van der Waals surface area contributed by atoms with E-state index in [-0.39, 0.29) is 5.79 Å². The van der Waals surface area contributed by atoms with Gasteiger partial charge in [0.05, 0.1) is 13.2 Å². The van der Waals surface area contributed by atoms with Crippen LogP contribution in [0.15, 0.2) is 0 Å². The number of rotatable bonds is 0. The molecule has 0 bridgehead atoms. The van der Waals surface area contributed by atoms with Gasteiger partial charge in [-0.15, -0.1) is 0 Å². The molecule has 1 saturated carbocycles. The molecular weight excluding hydrogens is 182 g/mol. The summed E-state index contributed by atoms with van der Waals surface area (Å²) >= 11 is 0. The predicted molar refractivity (Wildman–Crippen MR) is 52.8 cm³/mol. The van der Waals surface area contributed by atoms with Crippen molar-refractivity contribution in [3.63, 3.8) is 0 Å². The van der Waals surface area contributed by atoms with Crippen molar-refractivity contribution in [2.24, 2.45) is 0 Å². The first-order chi connectivity index (χ1) is 5.97. The van der Waals surface area contributed by atoms with E-state index in [1.807, 2.05) is 19.6 Å². The highest BCUT2D eigenvalue weighted by molar-refractivity contribution is 6.83. The van der Waals surface area contributed by atoms with Crippen molar-refractivity contribution in [1.29, 1.82) is 5.26 Å². The lowest BCUT2D eigenvalue weighted by molar-refractivity contribution is -0.0682. The van der Waals surface area contributed by atoms with Crippen molar-refractivity contribution in [1.82, 2.24) is 0 Å². The van der Waals surface area contributed by atoms with Crippen LogP contribution in [0.4, 0.5) is 0 Å². The average Bonchev–Trinajstić information content (AvgIpc) is 2.60. The Labute approximate surface area is 80.7 Å². The summed E-state index contributed by atoms with van der Waals surface area (Å²) in [4.78, 5) is 0. The van der Waals surface area contributed by atoms with Crippen molar-refractivity contribution in [3.05, 3.63) is 0 Å². The van der Waals surface area contributed by atoms with Crippen LogP contribution < -0.4 is 0 Å². The number of hydrogen-bond donors (Lipinski definition) is 0. The number of hydrogen-bond acceptors (Lipinski definition) is 3. The van der Waals surface area contributed by atoms with Gasteiger partial charge in [-0.25, -0.2) is 5.26 Å². The van der Waals surface area contributed by atoms with Gasteiger partial charge in [0.1, 0.15) is 0 Å². The topological polar surface area (TPSA) is 42.2 Å². The Morgan fingerprint density at radius 1 is 1.15 bits per heavy atom. The van der Waals surface area contributed by atoms with Gasteiger partial charge in [-0.2, -0.15) is 0 Å². The molecule has 2 aliphatic rings. The zero-order valence-corrected chi connectivity index (χ0v) is 9.59. The third-order valence-electron chi connectivity index (χ3n) is 1.81. The lowest BCUT2D eigenvalue weighted by atomic mass is 10.7. The fraction of sp³-hybridized carbons (Fsp3) is 0.889. The van der Waals surface area contributed by atoms with E-state index in [4.69, 9.17) is 14.7 Å². The number of nitrogens with zero attached hydrogens (tertiary/aromatic N) is 1. The van der Waals surface area contributed by atoms with Gasteiger partial charge >= 0.3 is 0 Å². The fourth-order valence-corrected chi connectivity index (χ4v) is 0.888. The molecule has 0 atom stereocenters. The second-order valence-electron chi connectivity index (χ2n) is 4.47. The first-order valence-corrected chi connectivity index (χ1v) is 8.17. The van der Waals surface area contributed by atoms with Gasteiger partial charge in [-0.05, 0) is 0 Å². The molecule has 1 heterocycles. The molecule has 1 spiro atoms. The van der Waals surface area contributed by atoms with E-state index in [1.54, 1.807) is 0 Å². The molecule has 2 rings (SSSR count). The fourth-order valence-electron chi connectivity index (χ4n) is 0.888. The van der Waals surface area contributed by atoms with Crippen molar-refractivity contribution in [3.8, 4) is 5.69 Å². The molecule has 2 fully saturated rings. The van der Waals surface area contributed by atoms with Gasteiger partial charge < -0.3 is 9.47 Å². The molecule has 0 aromatic heterocycles. The summed E-state index contributed by atoms with van der Waals surface area (Å²) in [5.41, 5.74) is 2.24. The number of nitriles is 1. The normalized spacial score (nSPS) is 23.2. The third kappa shape index (κ3) is 3.90. The minimum absolute atomic E-state index is 0.0556. The Kier molecular flexibility index (Phi) is 3.12. The average molecular weight is 199 g/mol. The molecule has 4 heteroatoms. The van der Waals surface area contributed by atoms with E-state index in [9.17, 15) is 0 Å². The zero-order valence-electron chi connectivity index (χ0n) is 8.59. The van der Waals surface area contributed by atoms with Crippen LogP contribution >= 0.6 is 0 Å². The second-order valence-corrected chi connectivity index (χ2v) is 9.19. The monoisotopic (exact) mass is 199 g/mol. The molecule has 3 nitrogen and oxygen atoms in total. The largest absolute Gasteiger partial charge is 0.348 e. The second kappa shape index (κ2) is 3.78. The third-order valence-corrected chi connectivity index (χ3v) is 2.48. The van der Waals surface area contributed by atoms with Gasteiger partial charge in [-0.1, -0.05) is 19.6 Å². The molecule has 1 saturated heterocycles. The summed E-state index contributed by atoms with van der Waals surface area (Å²) in [6.45, 7) is 7.67. The molecule has 0 aromatic carbocycles. The predicted octanol–water partition coefficient (Wildman–Crippen LogP) is 1.91. The van der Waals surface area contributed by atoms with Gasteiger partial charge in [0.15, 0.2) is 13.9 Å². The van der Waals surface area contributed by atoms with Crippen molar-refractivity contribution in [2.45, 2.75) is 38.3 Å². The van der Waals surface area contributed by atoms with Crippen LogP contribution in [0.3, 0.4) is 0 Å². The molecule has 0 radical (unpaired) electrons. The summed E-state index contributed by atoms with van der Waals surface area (Å²) in [6.07, 6.45) is 2.24. The first kappa shape index (κ1) is 10.7. The van der Waals surface area contributed by atoms with Crippen LogP contribution in [0.5, 0.6) is 0 Å². The van der Waals surface area contributed by atoms with Crippen LogP contribution in [-0.2, 0) is 9.47 Å². The summed E-state index contributed by atoms with van der Waals surface area (Å²) in [7, 11) is -1.33. The molecule has 74 valence electrons. The molecule has 1 aliphatic heterocycles. The first-order valence-electron chi connectivity index (χ1n) is 4.67. The van der Waals surface area contributed by atoms with Crippen LogP contribution in [0.2, 0.25) is 19.6 Å². The minimum Gasteiger partial charge on any atom is -0.348 e. The van der Waals surface area contributed by atoms with Crippen molar-refractivity contribution >= 4 is 8.07 Å². The van der Waals surface area contributed by atoms with E-state index < -0.39 is 8.07 Å². The lowest BCUT2D eigenvalue weighted by Crippen LogP contribution is -2.15. The van der Waals surface area contributed by atoms with E-state index in [0.29, 0.717) is 0 Å². The van der Waals surface area contributed by atoms with E-state index >= 15 is 0 Å². The maximum Gasteiger partial charge on any atom is 0.168 e. The Morgan fingerprint density at radius 2 is 1.54 bits per heavy atom. The lowest BCUT2D eigenvalue weighted by Gasteiger charge is -2.00. The highest BCUT2D eigenvalue weighted by Crippen LogP contribution is 2.43. The van der Waals surface area contributed by atoms with E-state index in [0.717, 1.165) is 26.1 Å². The van der Waals surface area contributed by atoms with Gasteiger partial charge in [0, 0.05) is 18.5 Å². The van der Waals surface area contributed by atoms with Gasteiger partial charge in [-0.3, -0.25) is 0 Å².